The van der Waals surface area contributed by atoms with Crippen molar-refractivity contribution < 1.29 is 14.0 Å². The number of hydrogen-bond donors (Lipinski definition) is 0. The van der Waals surface area contributed by atoms with E-state index in [2.05, 4.69) is 4.57 Å². The lowest BCUT2D eigenvalue weighted by molar-refractivity contribution is -0.135. The summed E-state index contributed by atoms with van der Waals surface area (Å²) in [5.74, 6) is -0.664. The molecule has 1 aromatic heterocycles. The van der Waals surface area contributed by atoms with Crippen LogP contribution in [0.5, 0.6) is 0 Å². The lowest BCUT2D eigenvalue weighted by atomic mass is 9.99. The van der Waals surface area contributed by atoms with Crippen LogP contribution in [0.4, 0.5) is 4.39 Å². The first-order chi connectivity index (χ1) is 15.0. The topological polar surface area (TPSA) is 45.6 Å². The third kappa shape index (κ3) is 4.24. The average Bonchev–Trinajstić information content (AvgIpc) is 3.25. The fourth-order valence-corrected chi connectivity index (χ4v) is 4.15. The highest BCUT2D eigenvalue weighted by Crippen LogP contribution is 2.33. The third-order valence-corrected chi connectivity index (χ3v) is 5.73. The quantitative estimate of drug-likeness (QED) is 0.625. The highest BCUT2D eigenvalue weighted by atomic mass is 19.1. The van der Waals surface area contributed by atoms with Gasteiger partial charge in [-0.15, -0.1) is 0 Å². The van der Waals surface area contributed by atoms with Crippen molar-refractivity contribution in [3.05, 3.63) is 95.6 Å². The standard InChI is InChI=1S/C25H26FN3O2/c1-18(2)29(25(31)19-8-4-3-5-9-19)17-23(30)28-15-14-27-13-7-12-22(27)24(28)20-10-6-11-21(26)16-20/h3-13,16,18,24H,14-15,17H2,1-2H3. The van der Waals surface area contributed by atoms with Gasteiger partial charge in [-0.25, -0.2) is 4.39 Å². The van der Waals surface area contributed by atoms with Crippen LogP contribution in [0.15, 0.2) is 72.9 Å². The van der Waals surface area contributed by atoms with E-state index in [1.165, 1.54) is 12.1 Å². The van der Waals surface area contributed by atoms with E-state index in [1.807, 2.05) is 56.4 Å². The first-order valence-corrected chi connectivity index (χ1v) is 10.5. The molecule has 0 saturated carbocycles. The molecule has 0 aliphatic carbocycles. The number of halogens is 1. The van der Waals surface area contributed by atoms with Crippen molar-refractivity contribution in [2.75, 3.05) is 13.1 Å². The minimum absolute atomic E-state index is 0.0298. The summed E-state index contributed by atoms with van der Waals surface area (Å²) in [6.07, 6.45) is 1.97. The second-order valence-electron chi connectivity index (χ2n) is 8.06. The molecule has 0 N–H and O–H groups in total. The maximum absolute atomic E-state index is 14.0. The van der Waals surface area contributed by atoms with Crippen LogP contribution < -0.4 is 0 Å². The molecular formula is C25H26FN3O2. The smallest absolute Gasteiger partial charge is 0.254 e. The minimum atomic E-state index is -0.396. The molecule has 1 aliphatic rings. The molecule has 6 heteroatoms. The maximum atomic E-state index is 14.0. The van der Waals surface area contributed by atoms with Gasteiger partial charge in [-0.3, -0.25) is 9.59 Å². The van der Waals surface area contributed by atoms with Gasteiger partial charge in [0.1, 0.15) is 12.4 Å². The molecule has 160 valence electrons. The summed E-state index contributed by atoms with van der Waals surface area (Å²) in [4.78, 5) is 29.9. The van der Waals surface area contributed by atoms with Crippen molar-refractivity contribution in [1.82, 2.24) is 14.4 Å². The Morgan fingerprint density at radius 1 is 1.03 bits per heavy atom. The molecule has 2 amide bonds. The normalized spacial score (nSPS) is 15.6. The molecule has 0 saturated heterocycles. The van der Waals surface area contributed by atoms with Crippen LogP contribution in [-0.2, 0) is 11.3 Å². The lowest BCUT2D eigenvalue weighted by Crippen LogP contribution is -2.49. The summed E-state index contributed by atoms with van der Waals surface area (Å²) < 4.78 is 16.1. The molecule has 0 fully saturated rings. The van der Waals surface area contributed by atoms with Gasteiger partial charge in [0.25, 0.3) is 5.91 Å². The number of amides is 2. The van der Waals surface area contributed by atoms with Gasteiger partial charge in [-0.05, 0) is 55.8 Å². The van der Waals surface area contributed by atoms with Crippen molar-refractivity contribution in [3.63, 3.8) is 0 Å². The number of aromatic nitrogens is 1. The van der Waals surface area contributed by atoms with Gasteiger partial charge in [0.2, 0.25) is 5.91 Å². The molecule has 5 nitrogen and oxygen atoms in total. The third-order valence-electron chi connectivity index (χ3n) is 5.73. The van der Waals surface area contributed by atoms with Crippen molar-refractivity contribution in [2.45, 2.75) is 32.5 Å². The molecule has 4 rings (SSSR count). The molecule has 31 heavy (non-hydrogen) atoms. The largest absolute Gasteiger partial charge is 0.348 e. The molecule has 1 aliphatic heterocycles. The fraction of sp³-hybridized carbons (Fsp3) is 0.280. The predicted octanol–water partition coefficient (Wildman–Crippen LogP) is 4.11. The summed E-state index contributed by atoms with van der Waals surface area (Å²) in [6.45, 7) is 4.93. The van der Waals surface area contributed by atoms with E-state index < -0.39 is 6.04 Å². The molecule has 2 aromatic carbocycles. The molecule has 0 bridgehead atoms. The van der Waals surface area contributed by atoms with E-state index in [4.69, 9.17) is 0 Å². The van der Waals surface area contributed by atoms with Crippen LogP contribution in [0.1, 0.15) is 41.5 Å². The number of carbonyl (C=O) groups excluding carboxylic acids is 2. The number of nitrogens with zero attached hydrogens (tertiary/aromatic N) is 3. The van der Waals surface area contributed by atoms with Gasteiger partial charge < -0.3 is 14.4 Å². The molecule has 1 atom stereocenters. The van der Waals surface area contributed by atoms with Gasteiger partial charge >= 0.3 is 0 Å². The fourth-order valence-electron chi connectivity index (χ4n) is 4.15. The van der Waals surface area contributed by atoms with Crippen LogP contribution in [-0.4, -0.2) is 45.3 Å². The van der Waals surface area contributed by atoms with Crippen LogP contribution in [0, 0.1) is 5.82 Å². The van der Waals surface area contributed by atoms with Gasteiger partial charge in [0.05, 0.1) is 6.04 Å². The molecule has 1 unspecified atom stereocenters. The van der Waals surface area contributed by atoms with E-state index in [9.17, 15) is 14.0 Å². The molecule has 2 heterocycles. The summed E-state index contributed by atoms with van der Waals surface area (Å²) in [5, 5.41) is 0. The zero-order valence-electron chi connectivity index (χ0n) is 17.7. The lowest BCUT2D eigenvalue weighted by Gasteiger charge is -2.39. The number of fused-ring (bicyclic) bond motifs is 1. The van der Waals surface area contributed by atoms with Crippen molar-refractivity contribution in [2.24, 2.45) is 0 Å². The monoisotopic (exact) mass is 419 g/mol. The SMILES string of the molecule is CC(C)N(CC(=O)N1CCn2cccc2C1c1cccc(F)c1)C(=O)c1ccccc1. The number of benzene rings is 2. The first-order valence-electron chi connectivity index (χ1n) is 10.5. The number of hydrogen-bond acceptors (Lipinski definition) is 2. The zero-order chi connectivity index (χ0) is 22.0. The van der Waals surface area contributed by atoms with Crippen LogP contribution in [0.2, 0.25) is 0 Å². The Kier molecular flexibility index (Phi) is 5.89. The Balaban J connectivity index is 1.63. The summed E-state index contributed by atoms with van der Waals surface area (Å²) in [7, 11) is 0. The van der Waals surface area contributed by atoms with E-state index in [1.54, 1.807) is 28.0 Å². The van der Waals surface area contributed by atoms with Gasteiger partial charge in [0.15, 0.2) is 0 Å². The van der Waals surface area contributed by atoms with Gasteiger partial charge in [-0.1, -0.05) is 30.3 Å². The Morgan fingerprint density at radius 3 is 2.52 bits per heavy atom. The first kappa shape index (κ1) is 20.8. The Morgan fingerprint density at radius 2 is 1.81 bits per heavy atom. The molecular weight excluding hydrogens is 393 g/mol. The van der Waals surface area contributed by atoms with E-state index in [0.717, 1.165) is 11.3 Å². The highest BCUT2D eigenvalue weighted by molar-refractivity contribution is 5.96. The number of carbonyl (C=O) groups is 2. The maximum Gasteiger partial charge on any atom is 0.254 e. The van der Waals surface area contributed by atoms with Crippen LogP contribution in [0.3, 0.4) is 0 Å². The molecule has 0 radical (unpaired) electrons. The summed E-state index contributed by atoms with van der Waals surface area (Å²) in [6, 6.07) is 18.7. The number of rotatable bonds is 5. The van der Waals surface area contributed by atoms with Crippen LogP contribution >= 0.6 is 0 Å². The van der Waals surface area contributed by atoms with Crippen molar-refractivity contribution in [3.8, 4) is 0 Å². The van der Waals surface area contributed by atoms with E-state index in [0.29, 0.717) is 18.7 Å². The Labute approximate surface area is 181 Å². The van der Waals surface area contributed by atoms with Crippen molar-refractivity contribution >= 4 is 11.8 Å². The Hall–Kier alpha value is -3.41. The van der Waals surface area contributed by atoms with Gasteiger partial charge in [0, 0.05) is 36.6 Å². The highest BCUT2D eigenvalue weighted by Gasteiger charge is 2.34. The van der Waals surface area contributed by atoms with Gasteiger partial charge in [-0.2, -0.15) is 0 Å². The second kappa shape index (κ2) is 8.76. The predicted molar refractivity (Wildman–Crippen MR) is 117 cm³/mol. The zero-order valence-corrected chi connectivity index (χ0v) is 17.7. The second-order valence-corrected chi connectivity index (χ2v) is 8.06. The van der Waals surface area contributed by atoms with Crippen molar-refractivity contribution in [1.29, 1.82) is 0 Å². The molecule has 3 aromatic rings. The van der Waals surface area contributed by atoms with E-state index in [-0.39, 0.29) is 30.2 Å². The average molecular weight is 420 g/mol. The molecule has 0 spiro atoms. The summed E-state index contributed by atoms with van der Waals surface area (Å²) >= 11 is 0. The minimum Gasteiger partial charge on any atom is -0.348 e. The van der Waals surface area contributed by atoms with E-state index >= 15 is 0 Å². The Bertz CT molecular complexity index is 1080. The summed E-state index contributed by atoms with van der Waals surface area (Å²) in [5.41, 5.74) is 2.22. The van der Waals surface area contributed by atoms with Crippen LogP contribution in [0.25, 0.3) is 0 Å².